The Morgan fingerprint density at radius 2 is 1.92 bits per heavy atom. The van der Waals surface area contributed by atoms with Crippen molar-refractivity contribution in [2.24, 2.45) is 5.92 Å². The van der Waals surface area contributed by atoms with Crippen molar-refractivity contribution < 1.29 is 9.90 Å². The Labute approximate surface area is 154 Å². The van der Waals surface area contributed by atoms with Gasteiger partial charge < -0.3 is 14.9 Å². The Morgan fingerprint density at radius 3 is 2.54 bits per heavy atom. The van der Waals surface area contributed by atoms with Crippen molar-refractivity contribution in [3.05, 3.63) is 47.8 Å². The standard InChI is InChI=1S/C20H26N4O2/c1-3-23(14-16-7-5-4-6-8-16)18-13-19(22-15(2)21-18)24-11-9-17(10-12-24)20(25)26/h4-8,13,17H,3,9-12,14H2,1-2H3,(H,25,26). The van der Waals surface area contributed by atoms with Crippen LogP contribution in [0.15, 0.2) is 36.4 Å². The monoisotopic (exact) mass is 354 g/mol. The predicted octanol–water partition coefficient (Wildman–Crippen LogP) is 3.11. The number of aromatic nitrogens is 2. The van der Waals surface area contributed by atoms with Crippen molar-refractivity contribution in [2.75, 3.05) is 29.4 Å². The molecule has 6 heteroatoms. The molecule has 1 aliphatic rings. The van der Waals surface area contributed by atoms with Gasteiger partial charge in [-0.2, -0.15) is 0 Å². The number of carboxylic acids is 1. The largest absolute Gasteiger partial charge is 0.481 e. The van der Waals surface area contributed by atoms with Crippen LogP contribution in [-0.4, -0.2) is 40.7 Å². The maximum atomic E-state index is 11.2. The lowest BCUT2D eigenvalue weighted by molar-refractivity contribution is -0.142. The molecule has 0 radical (unpaired) electrons. The van der Waals surface area contributed by atoms with Crippen molar-refractivity contribution in [2.45, 2.75) is 33.2 Å². The number of anilines is 2. The maximum absolute atomic E-state index is 11.2. The summed E-state index contributed by atoms with van der Waals surface area (Å²) in [6, 6.07) is 12.4. The zero-order valence-electron chi connectivity index (χ0n) is 15.4. The molecule has 0 amide bonds. The normalized spacial score (nSPS) is 15.1. The SMILES string of the molecule is CCN(Cc1ccccc1)c1cc(N2CCC(C(=O)O)CC2)nc(C)n1. The fourth-order valence-electron chi connectivity index (χ4n) is 3.37. The van der Waals surface area contributed by atoms with Crippen LogP contribution in [0.4, 0.5) is 11.6 Å². The first-order valence-electron chi connectivity index (χ1n) is 9.19. The van der Waals surface area contributed by atoms with E-state index in [-0.39, 0.29) is 5.92 Å². The third-order valence-electron chi connectivity index (χ3n) is 4.90. The summed E-state index contributed by atoms with van der Waals surface area (Å²) in [5.41, 5.74) is 1.24. The zero-order chi connectivity index (χ0) is 18.5. The molecule has 1 aromatic carbocycles. The summed E-state index contributed by atoms with van der Waals surface area (Å²) in [6.07, 6.45) is 1.32. The molecule has 2 heterocycles. The van der Waals surface area contributed by atoms with Crippen molar-refractivity contribution in [1.29, 1.82) is 0 Å². The molecule has 0 saturated carbocycles. The van der Waals surface area contributed by atoms with Gasteiger partial charge in [0, 0.05) is 32.2 Å². The zero-order valence-corrected chi connectivity index (χ0v) is 15.4. The molecular formula is C20H26N4O2. The second-order valence-electron chi connectivity index (χ2n) is 6.73. The average molecular weight is 354 g/mol. The van der Waals surface area contributed by atoms with Crippen molar-refractivity contribution in [3.63, 3.8) is 0 Å². The van der Waals surface area contributed by atoms with Crippen LogP contribution in [-0.2, 0) is 11.3 Å². The highest BCUT2D eigenvalue weighted by molar-refractivity contribution is 5.70. The van der Waals surface area contributed by atoms with E-state index in [0.717, 1.165) is 43.6 Å². The van der Waals surface area contributed by atoms with Gasteiger partial charge in [0.2, 0.25) is 0 Å². The number of piperidine rings is 1. The van der Waals surface area contributed by atoms with E-state index < -0.39 is 5.97 Å². The van der Waals surface area contributed by atoms with Crippen LogP contribution in [0.5, 0.6) is 0 Å². The Balaban J connectivity index is 1.77. The fraction of sp³-hybridized carbons (Fsp3) is 0.450. The van der Waals surface area contributed by atoms with Crippen LogP contribution in [0, 0.1) is 12.8 Å². The molecule has 0 atom stereocenters. The average Bonchev–Trinajstić information content (AvgIpc) is 2.66. The lowest BCUT2D eigenvalue weighted by Gasteiger charge is -2.32. The van der Waals surface area contributed by atoms with Crippen molar-refractivity contribution in [1.82, 2.24) is 9.97 Å². The van der Waals surface area contributed by atoms with Crippen molar-refractivity contribution >= 4 is 17.6 Å². The number of aliphatic carboxylic acids is 1. The second kappa shape index (κ2) is 8.17. The molecule has 0 bridgehead atoms. The summed E-state index contributed by atoms with van der Waals surface area (Å²) in [5.74, 6) is 1.62. The minimum atomic E-state index is -0.691. The molecule has 1 fully saturated rings. The van der Waals surface area contributed by atoms with E-state index in [1.165, 1.54) is 5.56 Å². The highest BCUT2D eigenvalue weighted by atomic mass is 16.4. The molecule has 6 nitrogen and oxygen atoms in total. The highest BCUT2D eigenvalue weighted by Gasteiger charge is 2.25. The molecule has 3 rings (SSSR count). The summed E-state index contributed by atoms with van der Waals surface area (Å²) < 4.78 is 0. The van der Waals surface area contributed by atoms with Crippen molar-refractivity contribution in [3.8, 4) is 0 Å². The highest BCUT2D eigenvalue weighted by Crippen LogP contribution is 2.25. The Morgan fingerprint density at radius 1 is 1.23 bits per heavy atom. The first-order chi connectivity index (χ1) is 12.6. The van der Waals surface area contributed by atoms with E-state index in [1.54, 1.807) is 0 Å². The quantitative estimate of drug-likeness (QED) is 0.859. The Bertz CT molecular complexity index is 743. The minimum Gasteiger partial charge on any atom is -0.481 e. The van der Waals surface area contributed by atoms with Crippen LogP contribution < -0.4 is 9.80 Å². The van der Waals surface area contributed by atoms with Gasteiger partial charge in [-0.15, -0.1) is 0 Å². The van der Waals surface area contributed by atoms with Gasteiger partial charge in [-0.25, -0.2) is 9.97 Å². The lowest BCUT2D eigenvalue weighted by atomic mass is 9.97. The summed E-state index contributed by atoms with van der Waals surface area (Å²) in [4.78, 5) is 24.8. The number of hydrogen-bond donors (Lipinski definition) is 1. The van der Waals surface area contributed by atoms with Crippen LogP contribution in [0.2, 0.25) is 0 Å². The van der Waals surface area contributed by atoms with Crippen LogP contribution in [0.1, 0.15) is 31.2 Å². The van der Waals surface area contributed by atoms with Crippen LogP contribution in [0.3, 0.4) is 0 Å². The lowest BCUT2D eigenvalue weighted by Crippen LogP contribution is -2.37. The molecule has 0 aliphatic carbocycles. The van der Waals surface area contributed by atoms with Gasteiger partial charge in [-0.1, -0.05) is 30.3 Å². The van der Waals surface area contributed by atoms with Gasteiger partial charge >= 0.3 is 5.97 Å². The number of carbonyl (C=O) groups is 1. The molecule has 0 spiro atoms. The van der Waals surface area contributed by atoms with Crippen LogP contribution in [0.25, 0.3) is 0 Å². The molecule has 138 valence electrons. The van der Waals surface area contributed by atoms with Gasteiger partial charge in [-0.3, -0.25) is 4.79 Å². The van der Waals surface area contributed by atoms with Gasteiger partial charge in [0.05, 0.1) is 5.92 Å². The van der Waals surface area contributed by atoms with E-state index >= 15 is 0 Å². The first kappa shape index (κ1) is 18.2. The topological polar surface area (TPSA) is 69.6 Å². The molecule has 0 unspecified atom stereocenters. The number of carboxylic acid groups (broad SMARTS) is 1. The number of aryl methyl sites for hydroxylation is 1. The van der Waals surface area contributed by atoms with Crippen LogP contribution >= 0.6 is 0 Å². The summed E-state index contributed by atoms with van der Waals surface area (Å²) in [6.45, 7) is 7.13. The molecule has 1 N–H and O–H groups in total. The third-order valence-corrected chi connectivity index (χ3v) is 4.90. The first-order valence-corrected chi connectivity index (χ1v) is 9.19. The third kappa shape index (κ3) is 4.31. The van der Waals surface area contributed by atoms with E-state index in [9.17, 15) is 9.90 Å². The second-order valence-corrected chi connectivity index (χ2v) is 6.73. The molecule has 1 aromatic heterocycles. The Kier molecular flexibility index (Phi) is 5.71. The van der Waals surface area contributed by atoms with Gasteiger partial charge in [0.1, 0.15) is 17.5 Å². The molecule has 26 heavy (non-hydrogen) atoms. The van der Waals surface area contributed by atoms with E-state index in [1.807, 2.05) is 31.2 Å². The maximum Gasteiger partial charge on any atom is 0.306 e. The summed E-state index contributed by atoms with van der Waals surface area (Å²) in [7, 11) is 0. The summed E-state index contributed by atoms with van der Waals surface area (Å²) >= 11 is 0. The van der Waals surface area contributed by atoms with E-state index in [4.69, 9.17) is 0 Å². The van der Waals surface area contributed by atoms with Gasteiger partial charge in [0.15, 0.2) is 0 Å². The van der Waals surface area contributed by atoms with E-state index in [2.05, 4.69) is 38.8 Å². The molecule has 1 saturated heterocycles. The minimum absolute atomic E-state index is 0.237. The number of nitrogens with zero attached hydrogens (tertiary/aromatic N) is 4. The molecular weight excluding hydrogens is 328 g/mol. The van der Waals surface area contributed by atoms with Gasteiger partial charge in [0.25, 0.3) is 0 Å². The summed E-state index contributed by atoms with van der Waals surface area (Å²) in [5, 5.41) is 9.18. The van der Waals surface area contributed by atoms with E-state index in [0.29, 0.717) is 12.8 Å². The predicted molar refractivity (Wildman–Crippen MR) is 103 cm³/mol. The fourth-order valence-corrected chi connectivity index (χ4v) is 3.37. The van der Waals surface area contributed by atoms with Gasteiger partial charge in [-0.05, 0) is 32.3 Å². The number of hydrogen-bond acceptors (Lipinski definition) is 5. The Hall–Kier alpha value is -2.63. The smallest absolute Gasteiger partial charge is 0.306 e. The number of rotatable bonds is 6. The number of benzene rings is 1. The molecule has 1 aliphatic heterocycles. The molecule has 2 aromatic rings.